The van der Waals surface area contributed by atoms with Crippen molar-refractivity contribution in [2.24, 2.45) is 23.5 Å². The molecule has 0 aromatic heterocycles. The van der Waals surface area contributed by atoms with Gasteiger partial charge in [0.1, 0.15) is 5.75 Å². The highest BCUT2D eigenvalue weighted by Crippen LogP contribution is 2.55. The quantitative estimate of drug-likeness (QED) is 0.798. The van der Waals surface area contributed by atoms with E-state index in [1.165, 1.54) is 37.5 Å². The third-order valence-electron chi connectivity index (χ3n) is 5.94. The van der Waals surface area contributed by atoms with Crippen molar-refractivity contribution in [3.63, 3.8) is 0 Å². The minimum Gasteiger partial charge on any atom is -0.507 e. The Kier molecular flexibility index (Phi) is 3.15. The molecule has 5 nitrogen and oxygen atoms in total. The van der Waals surface area contributed by atoms with Crippen molar-refractivity contribution in [1.82, 2.24) is 5.32 Å². The molecule has 0 heterocycles. The van der Waals surface area contributed by atoms with E-state index in [0.717, 1.165) is 37.0 Å². The Labute approximate surface area is 135 Å². The molecule has 23 heavy (non-hydrogen) atoms. The second-order valence-corrected chi connectivity index (χ2v) is 7.75. The maximum absolute atomic E-state index is 12.6. The molecular weight excluding hydrogens is 292 g/mol. The molecule has 5 heteroatoms. The van der Waals surface area contributed by atoms with Gasteiger partial charge >= 0.3 is 0 Å². The van der Waals surface area contributed by atoms with Crippen LogP contribution in [0.1, 0.15) is 59.2 Å². The number of amides is 2. The summed E-state index contributed by atoms with van der Waals surface area (Å²) in [6.45, 7) is 0. The van der Waals surface area contributed by atoms with E-state index in [9.17, 15) is 14.7 Å². The maximum Gasteiger partial charge on any atom is 0.255 e. The Hall–Kier alpha value is -2.04. The van der Waals surface area contributed by atoms with Crippen LogP contribution in [0.2, 0.25) is 0 Å². The van der Waals surface area contributed by atoms with Crippen LogP contribution >= 0.6 is 0 Å². The number of carbonyl (C=O) groups excluding carboxylic acids is 2. The van der Waals surface area contributed by atoms with Gasteiger partial charge in [0.25, 0.3) is 5.91 Å². The van der Waals surface area contributed by atoms with Gasteiger partial charge < -0.3 is 16.2 Å². The molecule has 4 bridgehead atoms. The molecule has 0 spiro atoms. The maximum atomic E-state index is 12.6. The lowest BCUT2D eigenvalue weighted by atomic mass is 9.53. The summed E-state index contributed by atoms with van der Waals surface area (Å²) in [4.78, 5) is 23.8. The van der Waals surface area contributed by atoms with Gasteiger partial charge in [-0.3, -0.25) is 9.59 Å². The topological polar surface area (TPSA) is 92.4 Å². The van der Waals surface area contributed by atoms with Gasteiger partial charge in [0, 0.05) is 11.1 Å². The largest absolute Gasteiger partial charge is 0.507 e. The van der Waals surface area contributed by atoms with E-state index in [-0.39, 0.29) is 28.3 Å². The van der Waals surface area contributed by atoms with Gasteiger partial charge in [0.2, 0.25) is 5.91 Å². The van der Waals surface area contributed by atoms with Gasteiger partial charge in [0.15, 0.2) is 0 Å². The van der Waals surface area contributed by atoms with Crippen molar-refractivity contribution in [1.29, 1.82) is 0 Å². The van der Waals surface area contributed by atoms with Crippen LogP contribution in [-0.4, -0.2) is 22.5 Å². The first-order valence-electron chi connectivity index (χ1n) is 8.39. The van der Waals surface area contributed by atoms with E-state index < -0.39 is 5.91 Å². The lowest BCUT2D eigenvalue weighted by Crippen LogP contribution is -2.59. The Morgan fingerprint density at radius 3 is 2.13 bits per heavy atom. The fourth-order valence-electron chi connectivity index (χ4n) is 5.45. The number of hydrogen-bond acceptors (Lipinski definition) is 3. The Balaban J connectivity index is 1.55. The Morgan fingerprint density at radius 2 is 1.65 bits per heavy atom. The zero-order valence-electron chi connectivity index (χ0n) is 13.0. The van der Waals surface area contributed by atoms with Crippen molar-refractivity contribution in [3.05, 3.63) is 29.3 Å². The number of benzene rings is 1. The number of hydrogen-bond donors (Lipinski definition) is 3. The first-order chi connectivity index (χ1) is 10.9. The van der Waals surface area contributed by atoms with Crippen molar-refractivity contribution in [3.8, 4) is 5.75 Å². The van der Waals surface area contributed by atoms with Gasteiger partial charge in [-0.2, -0.15) is 0 Å². The van der Waals surface area contributed by atoms with Crippen LogP contribution in [0.3, 0.4) is 0 Å². The SMILES string of the molecule is NC(=O)c1ccc(C(=O)NC23CC4CC(CC(C4)C2)C3)c(O)c1. The van der Waals surface area contributed by atoms with E-state index in [4.69, 9.17) is 5.73 Å². The highest BCUT2D eigenvalue weighted by atomic mass is 16.3. The molecule has 122 valence electrons. The number of primary amides is 1. The minimum atomic E-state index is -0.617. The molecule has 0 atom stereocenters. The van der Waals surface area contributed by atoms with Crippen LogP contribution in [0, 0.1) is 17.8 Å². The molecule has 0 aliphatic heterocycles. The fraction of sp³-hybridized carbons (Fsp3) is 0.556. The second kappa shape index (κ2) is 4.98. The molecule has 4 aliphatic rings. The van der Waals surface area contributed by atoms with E-state index in [2.05, 4.69) is 5.32 Å². The summed E-state index contributed by atoms with van der Waals surface area (Å²) >= 11 is 0. The van der Waals surface area contributed by atoms with Gasteiger partial charge in [-0.05, 0) is 74.5 Å². The first kappa shape index (κ1) is 14.5. The lowest BCUT2D eigenvalue weighted by molar-refractivity contribution is -0.0167. The zero-order chi connectivity index (χ0) is 16.2. The molecule has 5 rings (SSSR count). The van der Waals surface area contributed by atoms with Crippen molar-refractivity contribution in [2.45, 2.75) is 44.1 Å². The lowest BCUT2D eigenvalue weighted by Gasteiger charge is -2.56. The Bertz CT molecular complexity index is 648. The summed E-state index contributed by atoms with van der Waals surface area (Å²) in [7, 11) is 0. The van der Waals surface area contributed by atoms with Crippen LogP contribution in [0.4, 0.5) is 0 Å². The summed E-state index contributed by atoms with van der Waals surface area (Å²) in [6.07, 6.45) is 7.12. The zero-order valence-corrected chi connectivity index (χ0v) is 13.0. The first-order valence-corrected chi connectivity index (χ1v) is 8.39. The summed E-state index contributed by atoms with van der Waals surface area (Å²) in [5, 5.41) is 13.3. The molecule has 4 aliphatic carbocycles. The molecule has 4 N–H and O–H groups in total. The third kappa shape index (κ3) is 2.48. The summed E-state index contributed by atoms with van der Waals surface area (Å²) < 4.78 is 0. The van der Waals surface area contributed by atoms with Crippen LogP contribution < -0.4 is 11.1 Å². The number of aromatic hydroxyl groups is 1. The van der Waals surface area contributed by atoms with Crippen LogP contribution in [0.5, 0.6) is 5.75 Å². The molecule has 4 fully saturated rings. The Morgan fingerprint density at radius 1 is 1.09 bits per heavy atom. The summed E-state index contributed by atoms with van der Waals surface area (Å²) in [5.74, 6) is 1.17. The molecule has 0 saturated heterocycles. The second-order valence-electron chi connectivity index (χ2n) is 7.75. The number of phenolic OH excluding ortho intramolecular Hbond substituents is 1. The summed E-state index contributed by atoms with van der Waals surface area (Å²) in [6, 6.07) is 4.22. The van der Waals surface area contributed by atoms with Crippen molar-refractivity contribution < 1.29 is 14.7 Å². The average molecular weight is 314 g/mol. The number of phenols is 1. The monoisotopic (exact) mass is 314 g/mol. The molecule has 4 saturated carbocycles. The van der Waals surface area contributed by atoms with Gasteiger partial charge in [-0.15, -0.1) is 0 Å². The van der Waals surface area contributed by atoms with Crippen molar-refractivity contribution >= 4 is 11.8 Å². The fourth-order valence-corrected chi connectivity index (χ4v) is 5.45. The molecule has 1 aromatic carbocycles. The van der Waals surface area contributed by atoms with Crippen LogP contribution in [-0.2, 0) is 0 Å². The van der Waals surface area contributed by atoms with Crippen LogP contribution in [0.15, 0.2) is 18.2 Å². The molecule has 1 aromatic rings. The predicted octanol–water partition coefficient (Wildman–Crippen LogP) is 2.19. The summed E-state index contributed by atoms with van der Waals surface area (Å²) in [5.41, 5.74) is 5.51. The number of rotatable bonds is 3. The van der Waals surface area contributed by atoms with Crippen LogP contribution in [0.25, 0.3) is 0 Å². The van der Waals surface area contributed by atoms with E-state index in [0.29, 0.717) is 0 Å². The van der Waals surface area contributed by atoms with Gasteiger partial charge in [-0.25, -0.2) is 0 Å². The van der Waals surface area contributed by atoms with Gasteiger partial charge in [0.05, 0.1) is 5.56 Å². The van der Waals surface area contributed by atoms with E-state index in [1.807, 2.05) is 0 Å². The standard InChI is InChI=1S/C18H22N2O3/c19-16(22)13-1-2-14(15(21)6-13)17(23)20-18-7-10-3-11(8-18)5-12(4-10)9-18/h1-2,6,10-12,21H,3-5,7-9H2,(H2,19,22)(H,20,23). The molecule has 0 unspecified atom stereocenters. The van der Waals surface area contributed by atoms with E-state index >= 15 is 0 Å². The smallest absolute Gasteiger partial charge is 0.255 e. The van der Waals surface area contributed by atoms with Gasteiger partial charge in [-0.1, -0.05) is 0 Å². The molecule has 2 amide bonds. The minimum absolute atomic E-state index is 0.0966. The molecular formula is C18H22N2O3. The highest BCUT2D eigenvalue weighted by Gasteiger charge is 2.51. The van der Waals surface area contributed by atoms with E-state index in [1.54, 1.807) is 0 Å². The predicted molar refractivity (Wildman–Crippen MR) is 85.0 cm³/mol. The molecule has 0 radical (unpaired) electrons. The average Bonchev–Trinajstić information content (AvgIpc) is 2.44. The normalized spacial score (nSPS) is 34.3. The number of carbonyl (C=O) groups is 2. The number of nitrogens with two attached hydrogens (primary N) is 1. The highest BCUT2D eigenvalue weighted by molar-refractivity contribution is 6.00. The third-order valence-corrected chi connectivity index (χ3v) is 5.94. The van der Waals surface area contributed by atoms with Crippen molar-refractivity contribution in [2.75, 3.05) is 0 Å². The number of nitrogens with one attached hydrogen (secondary N) is 1.